The van der Waals surface area contributed by atoms with Gasteiger partial charge in [0, 0.05) is 12.0 Å². The summed E-state index contributed by atoms with van der Waals surface area (Å²) in [5.41, 5.74) is 4.56. The number of amides is 2. The molecule has 0 spiro atoms. The number of carboxylic acids is 1. The smallest absolute Gasteiger partial charge is 0.407 e. The highest BCUT2D eigenvalue weighted by Gasteiger charge is 2.33. The number of carbonyl (C=O) groups is 3. The largest absolute Gasteiger partial charge is 0.481 e. The van der Waals surface area contributed by atoms with E-state index in [1.807, 2.05) is 30.5 Å². The summed E-state index contributed by atoms with van der Waals surface area (Å²) < 4.78 is 5.60. The zero-order valence-corrected chi connectivity index (χ0v) is 20.0. The van der Waals surface area contributed by atoms with Gasteiger partial charge in [0.15, 0.2) is 0 Å². The lowest BCUT2D eigenvalue weighted by molar-refractivity contribution is -0.141. The molecule has 2 aliphatic carbocycles. The summed E-state index contributed by atoms with van der Waals surface area (Å²) in [7, 11) is 0. The number of rotatable bonds is 9. The van der Waals surface area contributed by atoms with Crippen molar-refractivity contribution in [3.05, 3.63) is 59.7 Å². The van der Waals surface area contributed by atoms with Gasteiger partial charge in [0.25, 0.3) is 0 Å². The predicted octanol–water partition coefficient (Wildman–Crippen LogP) is 4.02. The van der Waals surface area contributed by atoms with E-state index in [-0.39, 0.29) is 24.5 Å². The van der Waals surface area contributed by atoms with E-state index < -0.39 is 24.0 Å². The van der Waals surface area contributed by atoms with Crippen LogP contribution in [0.4, 0.5) is 4.79 Å². The van der Waals surface area contributed by atoms with E-state index in [0.717, 1.165) is 22.3 Å². The Morgan fingerprint density at radius 3 is 2.29 bits per heavy atom. The molecule has 180 valence electrons. The van der Waals surface area contributed by atoms with Gasteiger partial charge in [0.1, 0.15) is 12.6 Å². The lowest BCUT2D eigenvalue weighted by atomic mass is 9.98. The second kappa shape index (κ2) is 11.0. The molecule has 1 saturated carbocycles. The molecule has 0 unspecified atom stereocenters. The number of hydrogen-bond donors (Lipinski definition) is 3. The molecule has 4 rings (SSSR count). The third-order valence-electron chi connectivity index (χ3n) is 6.69. The van der Waals surface area contributed by atoms with Crippen LogP contribution in [0, 0.1) is 5.92 Å². The van der Waals surface area contributed by atoms with Crippen molar-refractivity contribution < 1.29 is 24.2 Å². The Bertz CT molecular complexity index is 1010. The number of nitrogens with one attached hydrogen (secondary N) is 2. The van der Waals surface area contributed by atoms with Crippen LogP contribution >= 0.6 is 11.8 Å². The minimum absolute atomic E-state index is 0.0527. The van der Waals surface area contributed by atoms with E-state index in [1.165, 1.54) is 0 Å². The van der Waals surface area contributed by atoms with Crippen LogP contribution in [0.15, 0.2) is 48.5 Å². The minimum atomic E-state index is -0.826. The number of fused-ring (bicyclic) bond motifs is 3. The monoisotopic (exact) mass is 482 g/mol. The predicted molar refractivity (Wildman–Crippen MR) is 132 cm³/mol. The summed E-state index contributed by atoms with van der Waals surface area (Å²) in [5.74, 6) is -0.899. The molecule has 0 radical (unpaired) electrons. The maximum atomic E-state index is 12.9. The van der Waals surface area contributed by atoms with Crippen molar-refractivity contribution in [1.82, 2.24) is 10.6 Å². The quantitative estimate of drug-likeness (QED) is 0.499. The summed E-state index contributed by atoms with van der Waals surface area (Å²) >= 11 is 1.59. The maximum absolute atomic E-state index is 12.9. The summed E-state index contributed by atoms with van der Waals surface area (Å²) in [4.78, 5) is 36.7. The zero-order chi connectivity index (χ0) is 24.1. The molecule has 3 atom stereocenters. The first-order valence-electron chi connectivity index (χ1n) is 11.6. The molecule has 0 bridgehead atoms. The molecule has 2 aromatic rings. The van der Waals surface area contributed by atoms with Gasteiger partial charge >= 0.3 is 12.1 Å². The van der Waals surface area contributed by atoms with E-state index in [0.29, 0.717) is 31.4 Å². The van der Waals surface area contributed by atoms with Crippen molar-refractivity contribution in [2.75, 3.05) is 18.6 Å². The molecule has 0 heterocycles. The number of hydrogen-bond acceptors (Lipinski definition) is 5. The second-order valence-corrected chi connectivity index (χ2v) is 9.84. The van der Waals surface area contributed by atoms with Crippen molar-refractivity contribution in [2.24, 2.45) is 5.92 Å². The molecule has 0 aliphatic heterocycles. The van der Waals surface area contributed by atoms with Gasteiger partial charge in [-0.15, -0.1) is 0 Å². The Morgan fingerprint density at radius 1 is 1.06 bits per heavy atom. The first-order chi connectivity index (χ1) is 16.5. The Hall–Kier alpha value is -3.00. The van der Waals surface area contributed by atoms with Crippen molar-refractivity contribution in [3.63, 3.8) is 0 Å². The molecular formula is C26H30N2O5S. The number of alkyl carbamates (subject to hydrolysis) is 1. The molecule has 7 nitrogen and oxygen atoms in total. The number of thioether (sulfide) groups is 1. The van der Waals surface area contributed by atoms with E-state index in [2.05, 4.69) is 34.9 Å². The number of aliphatic carboxylic acids is 1. The summed E-state index contributed by atoms with van der Waals surface area (Å²) in [6.07, 6.45) is 3.38. The molecule has 34 heavy (non-hydrogen) atoms. The fourth-order valence-electron chi connectivity index (χ4n) is 4.93. The number of benzene rings is 2. The van der Waals surface area contributed by atoms with Crippen LogP contribution in [0.1, 0.15) is 42.7 Å². The second-order valence-electron chi connectivity index (χ2n) is 8.86. The number of ether oxygens (including phenoxy) is 1. The van der Waals surface area contributed by atoms with Gasteiger partial charge in [0.2, 0.25) is 5.91 Å². The van der Waals surface area contributed by atoms with Crippen molar-refractivity contribution >= 4 is 29.7 Å². The molecule has 0 saturated heterocycles. The van der Waals surface area contributed by atoms with Crippen LogP contribution in [0.25, 0.3) is 11.1 Å². The van der Waals surface area contributed by atoms with Gasteiger partial charge < -0.3 is 20.5 Å². The molecule has 2 aromatic carbocycles. The van der Waals surface area contributed by atoms with Crippen LogP contribution in [-0.4, -0.2) is 53.8 Å². The van der Waals surface area contributed by atoms with Gasteiger partial charge in [-0.3, -0.25) is 9.59 Å². The summed E-state index contributed by atoms with van der Waals surface area (Å²) in [6.45, 7) is 0.180. The van der Waals surface area contributed by atoms with Crippen LogP contribution in [0.5, 0.6) is 0 Å². The van der Waals surface area contributed by atoms with Crippen molar-refractivity contribution in [3.8, 4) is 11.1 Å². The summed E-state index contributed by atoms with van der Waals surface area (Å²) in [5, 5.41) is 14.8. The van der Waals surface area contributed by atoms with Crippen LogP contribution in [-0.2, 0) is 14.3 Å². The highest BCUT2D eigenvalue weighted by Crippen LogP contribution is 2.44. The van der Waals surface area contributed by atoms with Gasteiger partial charge in [-0.1, -0.05) is 48.5 Å². The Morgan fingerprint density at radius 2 is 1.71 bits per heavy atom. The number of carboxylic acid groups (broad SMARTS) is 1. The molecule has 3 N–H and O–H groups in total. The van der Waals surface area contributed by atoms with Crippen LogP contribution in [0.3, 0.4) is 0 Å². The lowest BCUT2D eigenvalue weighted by Crippen LogP contribution is -2.49. The third-order valence-corrected chi connectivity index (χ3v) is 7.34. The van der Waals surface area contributed by atoms with E-state index in [9.17, 15) is 19.5 Å². The zero-order valence-electron chi connectivity index (χ0n) is 19.2. The van der Waals surface area contributed by atoms with E-state index in [1.54, 1.807) is 11.8 Å². The van der Waals surface area contributed by atoms with Crippen LogP contribution in [0.2, 0.25) is 0 Å². The van der Waals surface area contributed by atoms with Gasteiger partial charge in [-0.25, -0.2) is 4.79 Å². The molecule has 2 amide bonds. The molecule has 1 fully saturated rings. The molecule has 8 heteroatoms. The average molecular weight is 483 g/mol. The highest BCUT2D eigenvalue weighted by molar-refractivity contribution is 7.98. The SMILES string of the molecule is CSCC[C@@H](NC(=O)OCC1c2ccccc2-c2ccccc21)C(=O)N[C@@H]1CC[C@H](C(=O)O)C1. The Kier molecular flexibility index (Phi) is 7.77. The third kappa shape index (κ3) is 5.38. The van der Waals surface area contributed by atoms with Crippen molar-refractivity contribution in [1.29, 1.82) is 0 Å². The van der Waals surface area contributed by atoms with Crippen LogP contribution < -0.4 is 10.6 Å². The van der Waals surface area contributed by atoms with Crippen molar-refractivity contribution in [2.45, 2.75) is 43.7 Å². The highest BCUT2D eigenvalue weighted by atomic mass is 32.2. The topological polar surface area (TPSA) is 105 Å². The Balaban J connectivity index is 1.36. The summed E-state index contributed by atoms with van der Waals surface area (Å²) in [6, 6.07) is 15.3. The maximum Gasteiger partial charge on any atom is 0.407 e. The fraction of sp³-hybridized carbons (Fsp3) is 0.423. The molecule has 2 aliphatic rings. The average Bonchev–Trinajstić information content (AvgIpc) is 3.43. The first-order valence-corrected chi connectivity index (χ1v) is 13.0. The molecule has 0 aromatic heterocycles. The van der Waals surface area contributed by atoms with Gasteiger partial charge in [-0.05, 0) is 59.9 Å². The van der Waals surface area contributed by atoms with Gasteiger partial charge in [0.05, 0.1) is 5.92 Å². The standard InChI is InChI=1S/C26H30N2O5S/c1-34-13-12-23(24(29)27-17-11-10-16(14-17)25(30)31)28-26(32)33-15-22-20-8-4-2-6-18(20)19-7-3-5-9-21(19)22/h2-9,16-17,22-23H,10-15H2,1H3,(H,27,29)(H,28,32)(H,30,31)/t16-,17+,23+/m0/s1. The first kappa shape index (κ1) is 24.1. The fourth-order valence-corrected chi connectivity index (χ4v) is 5.40. The van der Waals surface area contributed by atoms with Gasteiger partial charge in [-0.2, -0.15) is 11.8 Å². The normalized spacial score (nSPS) is 19.7. The Labute approximate surface area is 203 Å². The van der Waals surface area contributed by atoms with E-state index >= 15 is 0 Å². The molecular weight excluding hydrogens is 452 g/mol. The number of carbonyl (C=O) groups excluding carboxylic acids is 2. The lowest BCUT2D eigenvalue weighted by Gasteiger charge is -2.21. The minimum Gasteiger partial charge on any atom is -0.481 e. The van der Waals surface area contributed by atoms with E-state index in [4.69, 9.17) is 4.74 Å².